The number of nitro groups is 2. The van der Waals surface area contributed by atoms with Gasteiger partial charge in [0.05, 0.1) is 15.9 Å². The molecule has 0 atom stereocenters. The van der Waals surface area contributed by atoms with E-state index in [-0.39, 0.29) is 5.03 Å². The third-order valence-electron chi connectivity index (χ3n) is 2.24. The van der Waals surface area contributed by atoms with Crippen molar-refractivity contribution < 1.29 is 9.85 Å². The first-order valence-corrected chi connectivity index (χ1v) is 6.39. The maximum Gasteiger partial charge on any atom is 0.308 e. The molecule has 0 bridgehead atoms. The molecule has 7 nitrogen and oxygen atoms in total. The molecule has 1 aromatic heterocycles. The highest BCUT2D eigenvalue weighted by Crippen LogP contribution is 2.35. The summed E-state index contributed by atoms with van der Waals surface area (Å²) in [6, 6.07) is 7.59. The topological polar surface area (TPSA) is 99.2 Å². The first-order valence-electron chi connectivity index (χ1n) is 5.19. The van der Waals surface area contributed by atoms with Gasteiger partial charge in [-0.25, -0.2) is 4.98 Å². The van der Waals surface area contributed by atoms with Crippen LogP contribution in [-0.2, 0) is 0 Å². The summed E-state index contributed by atoms with van der Waals surface area (Å²) >= 11 is 6.84. The molecule has 1 heterocycles. The lowest BCUT2D eigenvalue weighted by atomic mass is 10.4. The molecule has 0 N–H and O–H groups in total. The predicted octanol–water partition coefficient (Wildman–Crippen LogP) is 3.70. The maximum atomic E-state index is 11.0. The number of pyridine rings is 1. The van der Waals surface area contributed by atoms with Crippen molar-refractivity contribution in [2.45, 2.75) is 9.92 Å². The third kappa shape index (κ3) is 3.22. The van der Waals surface area contributed by atoms with Gasteiger partial charge in [-0.1, -0.05) is 29.4 Å². The summed E-state index contributed by atoms with van der Waals surface area (Å²) in [5, 5.41) is 22.1. The molecule has 2 rings (SSSR count). The van der Waals surface area contributed by atoms with E-state index in [1.807, 2.05) is 0 Å². The van der Waals surface area contributed by atoms with Crippen LogP contribution < -0.4 is 0 Å². The predicted molar refractivity (Wildman–Crippen MR) is 73.1 cm³/mol. The molecule has 0 unspecified atom stereocenters. The van der Waals surface area contributed by atoms with Gasteiger partial charge in [-0.05, 0) is 18.2 Å². The van der Waals surface area contributed by atoms with Crippen LogP contribution in [0.2, 0.25) is 5.02 Å². The second-order valence-corrected chi connectivity index (χ2v) is 5.09. The molecule has 0 aliphatic rings. The Labute approximate surface area is 121 Å². The second kappa shape index (κ2) is 5.85. The van der Waals surface area contributed by atoms with Gasteiger partial charge >= 0.3 is 5.69 Å². The van der Waals surface area contributed by atoms with Crippen LogP contribution in [0.1, 0.15) is 0 Å². The quantitative estimate of drug-likeness (QED) is 0.630. The fourth-order valence-corrected chi connectivity index (χ4v) is 2.54. The lowest BCUT2D eigenvalue weighted by Crippen LogP contribution is -1.96. The minimum atomic E-state index is -0.728. The molecule has 0 aliphatic heterocycles. The van der Waals surface area contributed by atoms with Crippen LogP contribution in [0.3, 0.4) is 0 Å². The number of aromatic nitrogens is 1. The Balaban J connectivity index is 2.41. The van der Waals surface area contributed by atoms with Crippen molar-refractivity contribution in [2.75, 3.05) is 0 Å². The minimum absolute atomic E-state index is 0.0721. The summed E-state index contributed by atoms with van der Waals surface area (Å²) in [5.41, 5.74) is -0.837. The van der Waals surface area contributed by atoms with Crippen molar-refractivity contribution in [3.63, 3.8) is 0 Å². The van der Waals surface area contributed by atoms with Crippen molar-refractivity contribution in [2.24, 2.45) is 0 Å². The van der Waals surface area contributed by atoms with Crippen molar-refractivity contribution in [3.8, 4) is 0 Å². The van der Waals surface area contributed by atoms with Gasteiger partial charge in [0.1, 0.15) is 6.20 Å². The van der Waals surface area contributed by atoms with Gasteiger partial charge < -0.3 is 0 Å². The lowest BCUT2D eigenvalue weighted by molar-refractivity contribution is -0.396. The van der Waals surface area contributed by atoms with Crippen LogP contribution in [0.5, 0.6) is 0 Å². The van der Waals surface area contributed by atoms with Crippen molar-refractivity contribution in [1.29, 1.82) is 0 Å². The average molecular weight is 312 g/mol. The van der Waals surface area contributed by atoms with Gasteiger partial charge in [0.2, 0.25) is 0 Å². The second-order valence-electron chi connectivity index (χ2n) is 3.59. The Hall–Kier alpha value is -2.19. The van der Waals surface area contributed by atoms with Crippen LogP contribution in [-0.4, -0.2) is 14.8 Å². The molecule has 102 valence electrons. The Bertz CT molecular complexity index is 695. The van der Waals surface area contributed by atoms with Crippen molar-refractivity contribution in [1.82, 2.24) is 4.98 Å². The van der Waals surface area contributed by atoms with Gasteiger partial charge in [0, 0.05) is 9.92 Å². The first kappa shape index (κ1) is 14.2. The van der Waals surface area contributed by atoms with Crippen molar-refractivity contribution >= 4 is 34.7 Å². The Morgan fingerprint density at radius 1 is 1.15 bits per heavy atom. The molecule has 0 amide bonds. The van der Waals surface area contributed by atoms with Crippen LogP contribution in [0, 0.1) is 20.2 Å². The van der Waals surface area contributed by atoms with Crippen LogP contribution >= 0.6 is 23.4 Å². The number of halogens is 1. The van der Waals surface area contributed by atoms with E-state index in [4.69, 9.17) is 11.6 Å². The van der Waals surface area contributed by atoms with E-state index >= 15 is 0 Å². The van der Waals surface area contributed by atoms with Crippen LogP contribution in [0.4, 0.5) is 11.4 Å². The molecule has 20 heavy (non-hydrogen) atoms. The zero-order chi connectivity index (χ0) is 14.7. The van der Waals surface area contributed by atoms with Gasteiger partial charge in [0.15, 0.2) is 5.03 Å². The summed E-state index contributed by atoms with van der Waals surface area (Å²) in [6.45, 7) is 0. The number of rotatable bonds is 4. The molecule has 0 spiro atoms. The fraction of sp³-hybridized carbons (Fsp3) is 0. The number of benzene rings is 1. The zero-order valence-corrected chi connectivity index (χ0v) is 11.3. The highest BCUT2D eigenvalue weighted by atomic mass is 35.5. The monoisotopic (exact) mass is 311 g/mol. The normalized spacial score (nSPS) is 10.2. The van der Waals surface area contributed by atoms with Gasteiger partial charge in [-0.3, -0.25) is 20.2 Å². The van der Waals surface area contributed by atoms with E-state index in [2.05, 4.69) is 4.98 Å². The Morgan fingerprint density at radius 2 is 1.90 bits per heavy atom. The van der Waals surface area contributed by atoms with Gasteiger partial charge in [0.25, 0.3) is 5.69 Å². The fourth-order valence-electron chi connectivity index (χ4n) is 1.38. The number of hydrogen-bond donors (Lipinski definition) is 0. The number of nitrogens with zero attached hydrogens (tertiary/aromatic N) is 3. The molecule has 0 fully saturated rings. The lowest BCUT2D eigenvalue weighted by Gasteiger charge is -2.02. The molecular weight excluding hydrogens is 306 g/mol. The highest BCUT2D eigenvalue weighted by Gasteiger charge is 2.21. The molecule has 2 aromatic rings. The summed E-state index contributed by atoms with van der Waals surface area (Å²) in [4.78, 5) is 24.6. The smallest absolute Gasteiger partial charge is 0.258 e. The SMILES string of the molecule is O=[N+]([O-])c1cnc(Sc2cccc(Cl)c2)c([N+](=O)[O-])c1. The Morgan fingerprint density at radius 3 is 2.50 bits per heavy atom. The molecule has 9 heteroatoms. The van der Waals surface area contributed by atoms with Gasteiger partial charge in [-0.2, -0.15) is 0 Å². The number of hydrogen-bond acceptors (Lipinski definition) is 6. The van der Waals surface area contributed by atoms with E-state index in [9.17, 15) is 20.2 Å². The molecule has 0 aliphatic carbocycles. The van der Waals surface area contributed by atoms with E-state index in [0.717, 1.165) is 24.0 Å². The first-order chi connectivity index (χ1) is 9.47. The molecule has 1 aromatic carbocycles. The van der Waals surface area contributed by atoms with E-state index < -0.39 is 21.2 Å². The van der Waals surface area contributed by atoms with Crippen LogP contribution in [0.15, 0.2) is 46.5 Å². The van der Waals surface area contributed by atoms with Crippen LogP contribution in [0.25, 0.3) is 0 Å². The average Bonchev–Trinajstić information content (AvgIpc) is 2.38. The highest BCUT2D eigenvalue weighted by molar-refractivity contribution is 7.99. The molecule has 0 saturated heterocycles. The van der Waals surface area contributed by atoms with E-state index in [1.54, 1.807) is 24.3 Å². The standard InChI is InChI=1S/C11H6ClN3O4S/c12-7-2-1-3-9(4-7)20-11-10(15(18)19)5-8(6-13-11)14(16)17/h1-6H. The largest absolute Gasteiger partial charge is 0.308 e. The molecular formula is C11H6ClN3O4S. The Kier molecular flexibility index (Phi) is 4.16. The molecule has 0 radical (unpaired) electrons. The maximum absolute atomic E-state index is 11.0. The molecule has 0 saturated carbocycles. The minimum Gasteiger partial charge on any atom is -0.258 e. The summed E-state index contributed by atoms with van der Waals surface area (Å²) < 4.78 is 0. The van der Waals surface area contributed by atoms with Gasteiger partial charge in [-0.15, -0.1) is 0 Å². The summed E-state index contributed by atoms with van der Waals surface area (Å²) in [7, 11) is 0. The third-order valence-corrected chi connectivity index (χ3v) is 3.47. The summed E-state index contributed by atoms with van der Waals surface area (Å²) in [5.74, 6) is 0. The van der Waals surface area contributed by atoms with E-state index in [1.165, 1.54) is 0 Å². The zero-order valence-electron chi connectivity index (χ0n) is 9.72. The van der Waals surface area contributed by atoms with E-state index in [0.29, 0.717) is 9.92 Å². The summed E-state index contributed by atoms with van der Waals surface area (Å²) in [6.07, 6.45) is 0.986. The van der Waals surface area contributed by atoms with Crippen molar-refractivity contribution in [3.05, 3.63) is 61.8 Å².